The molecule has 0 spiro atoms. The molecular formula is C20H25NO5S. The van der Waals surface area contributed by atoms with E-state index in [1.807, 2.05) is 12.1 Å². The van der Waals surface area contributed by atoms with Gasteiger partial charge in [0.05, 0.1) is 18.6 Å². The van der Waals surface area contributed by atoms with E-state index in [9.17, 15) is 13.2 Å². The average Bonchev–Trinajstić information content (AvgIpc) is 2.66. The predicted octanol–water partition coefficient (Wildman–Crippen LogP) is 3.12. The average molecular weight is 391 g/mol. The Morgan fingerprint density at radius 1 is 1.11 bits per heavy atom. The minimum absolute atomic E-state index is 0.111. The first kappa shape index (κ1) is 21.1. The molecule has 0 bridgehead atoms. The molecule has 1 atom stereocenters. The largest absolute Gasteiger partial charge is 0.497 e. The van der Waals surface area contributed by atoms with Crippen LogP contribution in [-0.4, -0.2) is 45.4 Å². The Morgan fingerprint density at radius 2 is 1.78 bits per heavy atom. The number of sulfonamides is 1. The van der Waals surface area contributed by atoms with E-state index >= 15 is 0 Å². The van der Waals surface area contributed by atoms with E-state index in [-0.39, 0.29) is 29.9 Å². The molecule has 0 heterocycles. The molecule has 2 aromatic carbocycles. The van der Waals surface area contributed by atoms with Gasteiger partial charge in [0.2, 0.25) is 10.0 Å². The number of hydrogen-bond donors (Lipinski definition) is 0. The second-order valence-electron chi connectivity index (χ2n) is 6.29. The number of Topliss-reactive ketones (excluding diaryl/α,β-unsaturated/α-hetero) is 1. The Kier molecular flexibility index (Phi) is 7.12. The third-order valence-electron chi connectivity index (χ3n) is 4.24. The summed E-state index contributed by atoms with van der Waals surface area (Å²) in [6, 6.07) is 12.9. The molecule has 27 heavy (non-hydrogen) atoms. The third kappa shape index (κ3) is 5.15. The summed E-state index contributed by atoms with van der Waals surface area (Å²) in [6.07, 6.45) is 0. The van der Waals surface area contributed by atoms with Crippen molar-refractivity contribution in [2.75, 3.05) is 20.8 Å². The summed E-state index contributed by atoms with van der Waals surface area (Å²) in [4.78, 5) is 11.6. The lowest BCUT2D eigenvalue weighted by Crippen LogP contribution is -2.40. The fourth-order valence-electron chi connectivity index (χ4n) is 2.75. The Labute approximate surface area is 160 Å². The number of methoxy groups -OCH3 is 2. The molecule has 146 valence electrons. The monoisotopic (exact) mass is 391 g/mol. The standard InChI is InChI=1S/C20H25NO5S/c1-15(14-25-3)21(13-17-6-5-7-19(12-17)26-4)27(23,24)20-10-8-18(9-11-20)16(2)22/h5-12,15H,13-14H2,1-4H3. The van der Waals surface area contributed by atoms with Crippen molar-refractivity contribution in [1.29, 1.82) is 0 Å². The van der Waals surface area contributed by atoms with Crippen molar-refractivity contribution in [2.24, 2.45) is 0 Å². The minimum Gasteiger partial charge on any atom is -0.497 e. The topological polar surface area (TPSA) is 72.9 Å². The summed E-state index contributed by atoms with van der Waals surface area (Å²) in [5.74, 6) is 0.551. The van der Waals surface area contributed by atoms with Gasteiger partial charge in [-0.05, 0) is 43.7 Å². The van der Waals surface area contributed by atoms with E-state index in [0.29, 0.717) is 11.3 Å². The molecule has 0 aliphatic carbocycles. The predicted molar refractivity (Wildman–Crippen MR) is 104 cm³/mol. The molecule has 0 saturated heterocycles. The number of hydrogen-bond acceptors (Lipinski definition) is 5. The van der Waals surface area contributed by atoms with Gasteiger partial charge >= 0.3 is 0 Å². The van der Waals surface area contributed by atoms with Crippen LogP contribution in [0.25, 0.3) is 0 Å². The van der Waals surface area contributed by atoms with E-state index < -0.39 is 10.0 Å². The molecule has 0 saturated carbocycles. The number of ketones is 1. The molecular weight excluding hydrogens is 366 g/mol. The molecule has 6 nitrogen and oxygen atoms in total. The first-order chi connectivity index (χ1) is 12.8. The van der Waals surface area contributed by atoms with Gasteiger partial charge in [0.15, 0.2) is 5.78 Å². The van der Waals surface area contributed by atoms with Crippen molar-refractivity contribution in [2.45, 2.75) is 31.3 Å². The van der Waals surface area contributed by atoms with Gasteiger partial charge in [0, 0.05) is 25.3 Å². The van der Waals surface area contributed by atoms with Crippen LogP contribution in [0.15, 0.2) is 53.4 Å². The Hall–Kier alpha value is -2.22. The molecule has 0 N–H and O–H groups in total. The summed E-state index contributed by atoms with van der Waals surface area (Å²) in [5, 5.41) is 0. The van der Waals surface area contributed by atoms with Gasteiger partial charge in [-0.15, -0.1) is 0 Å². The van der Waals surface area contributed by atoms with Gasteiger partial charge < -0.3 is 9.47 Å². The van der Waals surface area contributed by atoms with Crippen molar-refractivity contribution in [3.63, 3.8) is 0 Å². The third-order valence-corrected chi connectivity index (χ3v) is 6.21. The molecule has 2 aromatic rings. The van der Waals surface area contributed by atoms with Crippen molar-refractivity contribution in [3.05, 3.63) is 59.7 Å². The zero-order valence-corrected chi connectivity index (χ0v) is 16.8. The highest BCUT2D eigenvalue weighted by Gasteiger charge is 2.29. The maximum Gasteiger partial charge on any atom is 0.243 e. The zero-order valence-electron chi connectivity index (χ0n) is 16.0. The summed E-state index contributed by atoms with van der Waals surface area (Å²) < 4.78 is 38.3. The number of nitrogens with zero attached hydrogens (tertiary/aromatic N) is 1. The number of carbonyl (C=O) groups is 1. The van der Waals surface area contributed by atoms with Gasteiger partial charge in [-0.3, -0.25) is 4.79 Å². The Balaban J connectivity index is 2.40. The fourth-order valence-corrected chi connectivity index (χ4v) is 4.35. The lowest BCUT2D eigenvalue weighted by atomic mass is 10.2. The number of ether oxygens (including phenoxy) is 2. The van der Waals surface area contributed by atoms with E-state index in [2.05, 4.69) is 0 Å². The van der Waals surface area contributed by atoms with Gasteiger partial charge in [-0.1, -0.05) is 24.3 Å². The van der Waals surface area contributed by atoms with Crippen LogP contribution < -0.4 is 4.74 Å². The molecule has 0 aromatic heterocycles. The van der Waals surface area contributed by atoms with Gasteiger partial charge in [0.25, 0.3) is 0 Å². The smallest absolute Gasteiger partial charge is 0.243 e. The molecule has 0 fully saturated rings. The fraction of sp³-hybridized carbons (Fsp3) is 0.350. The van der Waals surface area contributed by atoms with E-state index in [1.54, 1.807) is 26.2 Å². The van der Waals surface area contributed by atoms with E-state index in [0.717, 1.165) is 5.56 Å². The molecule has 2 rings (SSSR count). The highest BCUT2D eigenvalue weighted by atomic mass is 32.2. The van der Waals surface area contributed by atoms with Gasteiger partial charge in [0.1, 0.15) is 5.75 Å². The van der Waals surface area contributed by atoms with Crippen molar-refractivity contribution >= 4 is 15.8 Å². The lowest BCUT2D eigenvalue weighted by Gasteiger charge is -2.28. The van der Waals surface area contributed by atoms with Crippen molar-refractivity contribution in [1.82, 2.24) is 4.31 Å². The molecule has 1 unspecified atom stereocenters. The summed E-state index contributed by atoms with van der Waals surface area (Å²) >= 11 is 0. The van der Waals surface area contributed by atoms with Crippen LogP contribution in [0.1, 0.15) is 29.8 Å². The Bertz CT molecular complexity index is 878. The van der Waals surface area contributed by atoms with E-state index in [4.69, 9.17) is 9.47 Å². The van der Waals surface area contributed by atoms with Crippen LogP contribution in [-0.2, 0) is 21.3 Å². The first-order valence-corrected chi connectivity index (χ1v) is 9.98. The van der Waals surface area contributed by atoms with Gasteiger partial charge in [-0.25, -0.2) is 8.42 Å². The molecule has 0 aliphatic heterocycles. The maximum atomic E-state index is 13.2. The van der Waals surface area contributed by atoms with Crippen LogP contribution >= 0.6 is 0 Å². The van der Waals surface area contributed by atoms with Crippen LogP contribution in [0.3, 0.4) is 0 Å². The zero-order chi connectivity index (χ0) is 20.0. The molecule has 0 amide bonds. The summed E-state index contributed by atoms with van der Waals surface area (Å²) in [7, 11) is -0.678. The normalized spacial score (nSPS) is 12.8. The number of rotatable bonds is 9. The van der Waals surface area contributed by atoms with Gasteiger partial charge in [-0.2, -0.15) is 4.31 Å². The van der Waals surface area contributed by atoms with Crippen LogP contribution in [0.5, 0.6) is 5.75 Å². The van der Waals surface area contributed by atoms with Crippen LogP contribution in [0.2, 0.25) is 0 Å². The second-order valence-corrected chi connectivity index (χ2v) is 8.18. The highest BCUT2D eigenvalue weighted by Crippen LogP contribution is 2.23. The lowest BCUT2D eigenvalue weighted by molar-refractivity contribution is 0.101. The first-order valence-electron chi connectivity index (χ1n) is 8.54. The molecule has 0 radical (unpaired) electrons. The number of benzene rings is 2. The van der Waals surface area contributed by atoms with Crippen molar-refractivity contribution in [3.8, 4) is 5.75 Å². The van der Waals surface area contributed by atoms with Crippen LogP contribution in [0.4, 0.5) is 0 Å². The molecule has 7 heteroatoms. The highest BCUT2D eigenvalue weighted by molar-refractivity contribution is 7.89. The molecule has 0 aliphatic rings. The quantitative estimate of drug-likeness (QED) is 0.614. The van der Waals surface area contributed by atoms with Crippen LogP contribution in [0, 0.1) is 0 Å². The second kappa shape index (κ2) is 9.12. The van der Waals surface area contributed by atoms with E-state index in [1.165, 1.54) is 42.6 Å². The summed E-state index contributed by atoms with van der Waals surface area (Å²) in [6.45, 7) is 3.68. The SMILES string of the molecule is COCC(C)N(Cc1cccc(OC)c1)S(=O)(=O)c1ccc(C(C)=O)cc1. The van der Waals surface area contributed by atoms with Crippen molar-refractivity contribution < 1.29 is 22.7 Å². The maximum absolute atomic E-state index is 13.2. The number of carbonyl (C=O) groups excluding carboxylic acids is 1. The summed E-state index contributed by atoms with van der Waals surface area (Å²) in [5.41, 5.74) is 1.28. The minimum atomic E-state index is -3.78. The Morgan fingerprint density at radius 3 is 2.33 bits per heavy atom.